The zero-order valence-corrected chi connectivity index (χ0v) is 69.5. The number of benzene rings is 1. The summed E-state index contributed by atoms with van der Waals surface area (Å²) in [6, 6.07) is -12.3. The van der Waals surface area contributed by atoms with Crippen LogP contribution in [0.3, 0.4) is 0 Å². The number of phenolic OH excluding ortho intramolecular Hbond substituents is 1. The molecule has 0 unspecified atom stereocenters. The fourth-order valence-electron chi connectivity index (χ4n) is 13.4. The highest BCUT2D eigenvalue weighted by atomic mass is 16.5. The van der Waals surface area contributed by atoms with Gasteiger partial charge in [0.15, 0.2) is 0 Å². The largest absolute Gasteiger partial charge is 0.507 e. The van der Waals surface area contributed by atoms with Crippen molar-refractivity contribution in [2.24, 2.45) is 41.4 Å². The Kier molecular flexibility index (Phi) is 38.5. The average Bonchev–Trinajstić information content (AvgIpc) is 1.57. The lowest BCUT2D eigenvalue weighted by Gasteiger charge is -2.41. The monoisotopic (exact) mass is 1520 g/mol. The fraction of sp³-hybridized carbons (Fsp3) is 0.709. The molecule has 29 heteroatoms. The first-order valence-corrected chi connectivity index (χ1v) is 37.9. The number of phenols is 1. The Bertz CT molecular complexity index is 3390. The highest BCUT2D eigenvalue weighted by molar-refractivity contribution is 6.00. The zero-order valence-electron chi connectivity index (χ0n) is 69.5. The summed E-state index contributed by atoms with van der Waals surface area (Å²) in [6.07, 6.45) is 5.72. The van der Waals surface area contributed by atoms with E-state index < -0.39 is 168 Å². The van der Waals surface area contributed by atoms with Crippen molar-refractivity contribution >= 4 is 76.9 Å². The van der Waals surface area contributed by atoms with Crippen LogP contribution in [0.2, 0.25) is 0 Å². The van der Waals surface area contributed by atoms with Crippen LogP contribution in [0.5, 0.6) is 11.5 Å². The summed E-state index contributed by atoms with van der Waals surface area (Å²) in [7, 11) is 11.4. The Labute approximate surface area is 641 Å². The molecular formula is C79H131N11O18. The van der Waals surface area contributed by atoms with Crippen LogP contribution in [-0.4, -0.2) is 256 Å². The number of aromatic hydroxyl groups is 1. The summed E-state index contributed by atoms with van der Waals surface area (Å²) in [6.45, 7) is 33.1. The van der Waals surface area contributed by atoms with Crippen LogP contribution in [0, 0.1) is 48.3 Å². The van der Waals surface area contributed by atoms with E-state index in [2.05, 4.69) is 21.3 Å². The summed E-state index contributed by atoms with van der Waals surface area (Å²) >= 11 is 0. The van der Waals surface area contributed by atoms with Crippen molar-refractivity contribution in [2.75, 3.05) is 63.0 Å². The molecule has 0 aliphatic carbocycles. The number of nitrogens with zero attached hydrogens (tertiary/aromatic N) is 7. The number of allylic oxidation sites excluding steroid dienone is 4. The van der Waals surface area contributed by atoms with Crippen LogP contribution >= 0.6 is 0 Å². The van der Waals surface area contributed by atoms with E-state index in [0.717, 1.165) is 20.9 Å². The summed E-state index contributed by atoms with van der Waals surface area (Å²) in [5.41, 5.74) is 3.04. The molecular weight excluding hydrogens is 1390 g/mol. The van der Waals surface area contributed by atoms with Gasteiger partial charge in [0.1, 0.15) is 84.1 Å². The second-order valence-corrected chi connectivity index (χ2v) is 31.7. The van der Waals surface area contributed by atoms with Gasteiger partial charge in [-0.25, -0.2) is 4.79 Å². The molecule has 2 aliphatic rings. The molecule has 29 nitrogen and oxygen atoms in total. The van der Waals surface area contributed by atoms with Gasteiger partial charge in [-0.15, -0.1) is 0 Å². The van der Waals surface area contributed by atoms with Gasteiger partial charge in [-0.1, -0.05) is 121 Å². The Balaban J connectivity index is 0.00000145. The van der Waals surface area contributed by atoms with Crippen molar-refractivity contribution in [3.63, 3.8) is 0 Å². The van der Waals surface area contributed by atoms with E-state index in [1.54, 1.807) is 54.5 Å². The summed E-state index contributed by atoms with van der Waals surface area (Å²) in [5.74, 6) is -10.7. The lowest BCUT2D eigenvalue weighted by Crippen LogP contribution is -2.63. The molecule has 0 radical (unpaired) electrons. The number of carbonyl (C=O) groups is 13. The van der Waals surface area contributed by atoms with Gasteiger partial charge in [-0.3, -0.25) is 57.5 Å². The first-order chi connectivity index (χ1) is 50.1. The maximum atomic E-state index is 15.1. The van der Waals surface area contributed by atoms with Crippen molar-refractivity contribution in [3.8, 4) is 11.5 Å². The number of ether oxygens (including phenoxy) is 2. The summed E-state index contributed by atoms with van der Waals surface area (Å²) < 4.78 is 10.4. The Morgan fingerprint density at radius 3 is 1.54 bits per heavy atom. The first-order valence-electron chi connectivity index (χ1n) is 37.9. The van der Waals surface area contributed by atoms with Gasteiger partial charge >= 0.3 is 11.9 Å². The minimum absolute atomic E-state index is 0.0229. The van der Waals surface area contributed by atoms with Gasteiger partial charge in [0, 0.05) is 66.9 Å². The molecule has 1 fully saturated rings. The van der Waals surface area contributed by atoms with Crippen LogP contribution in [0.1, 0.15) is 203 Å². The van der Waals surface area contributed by atoms with Crippen LogP contribution in [0.4, 0.5) is 0 Å². The lowest BCUT2D eigenvalue weighted by molar-refractivity contribution is -0.157. The van der Waals surface area contributed by atoms with Crippen LogP contribution < -0.4 is 26.0 Å². The molecule has 0 bridgehead atoms. The number of carbonyl (C=O) groups excluding carboxylic acids is 12. The van der Waals surface area contributed by atoms with Gasteiger partial charge in [-0.05, 0) is 133 Å². The Morgan fingerprint density at radius 1 is 0.583 bits per heavy atom. The minimum atomic E-state index is -1.61. The molecule has 1 aromatic carbocycles. The predicted octanol–water partition coefficient (Wildman–Crippen LogP) is 6.00. The van der Waals surface area contributed by atoms with E-state index >= 15 is 9.59 Å². The van der Waals surface area contributed by atoms with Gasteiger partial charge in [0.05, 0.1) is 19.8 Å². The summed E-state index contributed by atoms with van der Waals surface area (Å²) in [5, 5.41) is 42.2. The Hall–Kier alpha value is -8.63. The number of aliphatic hydroxyl groups excluding tert-OH is 1. The topological polar surface area (TPSA) is 372 Å². The molecule has 12 atom stereocenters. The van der Waals surface area contributed by atoms with Gasteiger partial charge < -0.3 is 80.4 Å². The number of carboxylic acids is 1. The van der Waals surface area contributed by atoms with E-state index in [1.165, 1.54) is 94.8 Å². The molecule has 0 aromatic heterocycles. The van der Waals surface area contributed by atoms with Crippen molar-refractivity contribution in [2.45, 2.75) is 262 Å². The molecule has 2 heterocycles. The molecule has 2 aliphatic heterocycles. The van der Waals surface area contributed by atoms with E-state index in [1.807, 2.05) is 81.4 Å². The van der Waals surface area contributed by atoms with Crippen LogP contribution in [0.15, 0.2) is 23.8 Å². The first kappa shape index (κ1) is 95.4. The highest BCUT2D eigenvalue weighted by Gasteiger charge is 2.46. The molecule has 610 valence electrons. The number of likely N-dealkylation sites (N-methyl/N-ethyl adjacent to an activating group) is 7. The number of methoxy groups -OCH3 is 1. The number of nitrogens with one attached hydrogen (secondary N) is 4. The third kappa shape index (κ3) is 26.0. The van der Waals surface area contributed by atoms with Crippen molar-refractivity contribution in [1.82, 2.24) is 55.6 Å². The third-order valence-corrected chi connectivity index (χ3v) is 20.1. The molecule has 7 N–H and O–H groups in total. The smallest absolute Gasteiger partial charge is 0.342 e. The summed E-state index contributed by atoms with van der Waals surface area (Å²) in [4.78, 5) is 191. The van der Waals surface area contributed by atoms with Gasteiger partial charge in [0.2, 0.25) is 65.0 Å². The molecule has 11 amide bonds. The number of carboxylic acid groups (broad SMARTS) is 1. The zero-order chi connectivity index (χ0) is 83.1. The number of aliphatic carboxylic acids is 1. The van der Waals surface area contributed by atoms with Gasteiger partial charge in [0.25, 0.3) is 0 Å². The van der Waals surface area contributed by atoms with E-state index in [9.17, 15) is 63.0 Å². The van der Waals surface area contributed by atoms with E-state index in [0.29, 0.717) is 36.1 Å². The maximum absolute atomic E-state index is 15.1. The van der Waals surface area contributed by atoms with Gasteiger partial charge in [-0.2, -0.15) is 0 Å². The minimum Gasteiger partial charge on any atom is -0.507 e. The van der Waals surface area contributed by atoms with Crippen molar-refractivity contribution < 1.29 is 87.1 Å². The number of amides is 11. The highest BCUT2D eigenvalue weighted by Crippen LogP contribution is 2.42. The standard InChI is InChI=1S/C62H111N11O12.C17H20O6/c1-25-27-28-40(15)52(75)51-56(79)65-43(26-2)58(81)67(18)33-48(74)68(19)44(29-34(3)4)55(78)66-49(38(11)12)61(84)69(20)45(30-35(5)6)54(77)63-41(16)53(76)64-42(17)57(80)70(21)46(31-36(7)8)59(82)71(22)47(32-37(9)10)60(83)72(23)50(39(13)14)62(85)73(51)24;1-9(5-7-13(18)19)4-6-11-15(20)14-12(8-23-17(14)21)10(2)16(11)22-3/h25,27,34-47,49-52,75H,26,28-33H2,1-24H3,(H,63,77)(H,64,76)(H,65,79)(H,66,78);4,20H,5-8H2,1-3H3,(H,18,19)/b27-25+;9-4+/t40-,41+,42-,43+,44+,45+,46+,47+,49+,50+,51+,52-;/m1./s1. The van der Waals surface area contributed by atoms with Crippen molar-refractivity contribution in [1.29, 1.82) is 0 Å². The normalized spacial score (nSPS) is 24.1. The number of hydrogen-bond acceptors (Lipinski definition) is 17. The maximum Gasteiger partial charge on any atom is 0.342 e. The molecule has 3 rings (SSSR count). The van der Waals surface area contributed by atoms with E-state index in [4.69, 9.17) is 14.6 Å². The quantitative estimate of drug-likeness (QED) is 0.0548. The number of rotatable bonds is 21. The van der Waals surface area contributed by atoms with E-state index in [-0.39, 0.29) is 80.1 Å². The number of cyclic esters (lactones) is 1. The molecule has 0 spiro atoms. The average molecular weight is 1520 g/mol. The second-order valence-electron chi connectivity index (χ2n) is 31.7. The molecule has 1 saturated heterocycles. The van der Waals surface area contributed by atoms with Crippen LogP contribution in [-0.2, 0) is 75.3 Å². The Morgan fingerprint density at radius 2 is 1.06 bits per heavy atom. The number of aliphatic hydroxyl groups is 1. The second kappa shape index (κ2) is 43.5. The number of hydrogen-bond donors (Lipinski definition) is 7. The number of fused-ring (bicyclic) bond motifs is 1. The van der Waals surface area contributed by atoms with Crippen molar-refractivity contribution in [3.05, 3.63) is 46.1 Å². The molecule has 108 heavy (non-hydrogen) atoms. The predicted molar refractivity (Wildman–Crippen MR) is 411 cm³/mol. The number of esters is 1. The lowest BCUT2D eigenvalue weighted by atomic mass is 9.91. The molecule has 1 aromatic rings. The molecule has 0 saturated carbocycles. The SMILES string of the molecule is C/C=C/C[C@@H](C)[C@@H](O)[C@H]1C(=O)N[C@@H](CC)C(=O)N(C)CC(=O)N(C)[C@@H](CC(C)C)C(=O)N[C@@H](C(C)C)C(=O)N(C)[C@@H](CC(C)C)C(=O)N[C@@H](C)C(=O)N[C@H](C)C(=O)N(C)[C@@H](CC(C)C)C(=O)N(C)[C@@H](CC(C)C)C(=O)N(C)[C@@H](C(C)C)C(=O)N1C.COc1c(C)c2c(c(O)c1C/C=C(\C)CCC(=O)O)C(=O)OC2. The van der Waals surface area contributed by atoms with Crippen LogP contribution in [0.25, 0.3) is 0 Å². The third-order valence-electron chi connectivity index (χ3n) is 20.1. The fourth-order valence-corrected chi connectivity index (χ4v) is 13.4.